The minimum Gasteiger partial charge on any atom is -0.0955 e. The third kappa shape index (κ3) is 1.85. The van der Waals surface area contributed by atoms with E-state index in [2.05, 4.69) is 49.0 Å². The average Bonchev–Trinajstić information content (AvgIpc) is 2.17. The van der Waals surface area contributed by atoms with Crippen molar-refractivity contribution in [2.24, 2.45) is 0 Å². The summed E-state index contributed by atoms with van der Waals surface area (Å²) in [6.07, 6.45) is 0. The molecule has 0 amide bonds. The van der Waals surface area contributed by atoms with Crippen LogP contribution in [0.3, 0.4) is 0 Å². The summed E-state index contributed by atoms with van der Waals surface area (Å²) in [6.45, 7) is 5.96. The van der Waals surface area contributed by atoms with Crippen LogP contribution in [0.25, 0.3) is 16.3 Å². The lowest BCUT2D eigenvalue weighted by Crippen LogP contribution is -1.78. The Bertz CT molecular complexity index is 452. The molecule has 0 aliphatic heterocycles. The first-order chi connectivity index (χ1) is 6.27. The number of hydrogen-bond acceptors (Lipinski definition) is 0. The van der Waals surface area contributed by atoms with Gasteiger partial charge in [0.1, 0.15) is 0 Å². The first kappa shape index (κ1) is 10.5. The van der Waals surface area contributed by atoms with Gasteiger partial charge in [0.15, 0.2) is 0 Å². The van der Waals surface area contributed by atoms with Crippen LogP contribution in [0, 0.1) is 0 Å². The zero-order valence-electron chi connectivity index (χ0n) is 7.75. The quantitative estimate of drug-likeness (QED) is 0.611. The Morgan fingerprint density at radius 2 is 1.64 bits per heavy atom. The van der Waals surface area contributed by atoms with Gasteiger partial charge in [-0.05, 0) is 29.3 Å². The van der Waals surface area contributed by atoms with Gasteiger partial charge in [-0.15, -0.1) is 0 Å². The van der Waals surface area contributed by atoms with Gasteiger partial charge in [-0.25, -0.2) is 0 Å². The molecule has 0 bridgehead atoms. The van der Waals surface area contributed by atoms with E-state index in [1.807, 2.05) is 6.92 Å². The molecule has 0 spiro atoms. The van der Waals surface area contributed by atoms with Crippen LogP contribution in [0.15, 0.2) is 49.0 Å². The number of hydrogen-bond donors (Lipinski definition) is 0. The molecule has 2 rings (SSSR count). The molecule has 0 fully saturated rings. The minimum absolute atomic E-state index is 0. The summed E-state index contributed by atoms with van der Waals surface area (Å²) >= 11 is 0. The fourth-order valence-electron chi connectivity index (χ4n) is 1.45. The zero-order valence-corrected chi connectivity index (χ0v) is 7.75. The monoisotopic (exact) mass is 184 g/mol. The average molecular weight is 184 g/mol. The molecule has 0 nitrogen and oxygen atoms in total. The molecule has 0 aliphatic rings. The van der Waals surface area contributed by atoms with Crippen LogP contribution in [0.1, 0.15) is 19.9 Å². The fraction of sp³-hybridized carbons (Fsp3) is 0.143. The molecular weight excluding hydrogens is 168 g/mol. The van der Waals surface area contributed by atoms with Gasteiger partial charge in [0.25, 0.3) is 0 Å². The Kier molecular flexibility index (Phi) is 3.08. The van der Waals surface area contributed by atoms with E-state index in [9.17, 15) is 0 Å². The van der Waals surface area contributed by atoms with E-state index in [0.29, 0.717) is 0 Å². The van der Waals surface area contributed by atoms with Crippen molar-refractivity contribution in [3.8, 4) is 0 Å². The van der Waals surface area contributed by atoms with Gasteiger partial charge in [0, 0.05) is 0 Å². The van der Waals surface area contributed by atoms with E-state index >= 15 is 0 Å². The molecule has 0 heterocycles. The molecule has 2 aromatic carbocycles. The Labute approximate surface area is 85.9 Å². The van der Waals surface area contributed by atoms with E-state index in [0.717, 1.165) is 5.57 Å². The van der Waals surface area contributed by atoms with Crippen LogP contribution in [-0.2, 0) is 0 Å². The van der Waals surface area contributed by atoms with Crippen molar-refractivity contribution in [3.63, 3.8) is 0 Å². The van der Waals surface area contributed by atoms with E-state index in [1.54, 1.807) is 0 Å². The number of rotatable bonds is 1. The molecule has 72 valence electrons. The summed E-state index contributed by atoms with van der Waals surface area (Å²) < 4.78 is 0. The smallest absolute Gasteiger partial charge is 0.0178 e. The van der Waals surface area contributed by atoms with Crippen LogP contribution in [0.2, 0.25) is 0 Å². The number of fused-ring (bicyclic) bond motifs is 1. The maximum atomic E-state index is 3.93. The van der Waals surface area contributed by atoms with Crippen molar-refractivity contribution in [3.05, 3.63) is 54.6 Å². The second kappa shape index (κ2) is 4.10. The van der Waals surface area contributed by atoms with E-state index in [1.165, 1.54) is 16.3 Å². The molecule has 14 heavy (non-hydrogen) atoms. The maximum absolute atomic E-state index is 3.93. The van der Waals surface area contributed by atoms with Crippen LogP contribution in [0.5, 0.6) is 0 Å². The standard InChI is InChI=1S/C13H12.CH4/c1-10(2)12-8-7-11-5-3-4-6-13(11)9-12;/h3-9H,1H2,2H3;1H4. The molecule has 0 atom stereocenters. The Morgan fingerprint density at radius 3 is 2.29 bits per heavy atom. The lowest BCUT2D eigenvalue weighted by molar-refractivity contribution is 1.62. The summed E-state index contributed by atoms with van der Waals surface area (Å²) in [6, 6.07) is 14.8. The highest BCUT2D eigenvalue weighted by Crippen LogP contribution is 2.19. The summed E-state index contributed by atoms with van der Waals surface area (Å²) in [5.74, 6) is 0. The SMILES string of the molecule is C.C=C(C)c1ccc2ccccc2c1. The summed E-state index contributed by atoms with van der Waals surface area (Å²) in [5.41, 5.74) is 2.34. The predicted octanol–water partition coefficient (Wildman–Crippen LogP) is 4.51. The highest BCUT2D eigenvalue weighted by Gasteiger charge is 1.95. The first-order valence-electron chi connectivity index (χ1n) is 4.42. The summed E-state index contributed by atoms with van der Waals surface area (Å²) in [5, 5.41) is 2.57. The van der Waals surface area contributed by atoms with Crippen molar-refractivity contribution in [1.82, 2.24) is 0 Å². The van der Waals surface area contributed by atoms with Crippen LogP contribution >= 0.6 is 0 Å². The lowest BCUT2D eigenvalue weighted by Gasteiger charge is -2.01. The second-order valence-corrected chi connectivity index (χ2v) is 3.34. The van der Waals surface area contributed by atoms with Gasteiger partial charge in [-0.3, -0.25) is 0 Å². The van der Waals surface area contributed by atoms with Gasteiger partial charge in [-0.1, -0.05) is 56.0 Å². The maximum Gasteiger partial charge on any atom is -0.0178 e. The first-order valence-corrected chi connectivity index (χ1v) is 4.42. The Morgan fingerprint density at radius 1 is 1.00 bits per heavy atom. The van der Waals surface area contributed by atoms with Crippen molar-refractivity contribution < 1.29 is 0 Å². The normalized spacial score (nSPS) is 9.50. The van der Waals surface area contributed by atoms with Gasteiger partial charge in [-0.2, -0.15) is 0 Å². The van der Waals surface area contributed by atoms with Gasteiger partial charge in [0.2, 0.25) is 0 Å². The molecule has 0 saturated carbocycles. The molecule has 0 aromatic heterocycles. The summed E-state index contributed by atoms with van der Waals surface area (Å²) in [7, 11) is 0. The minimum atomic E-state index is 0. The van der Waals surface area contributed by atoms with Gasteiger partial charge < -0.3 is 0 Å². The highest BCUT2D eigenvalue weighted by atomic mass is 14.0. The molecule has 0 heteroatoms. The van der Waals surface area contributed by atoms with Gasteiger partial charge in [0.05, 0.1) is 0 Å². The van der Waals surface area contributed by atoms with E-state index in [-0.39, 0.29) is 7.43 Å². The van der Waals surface area contributed by atoms with E-state index in [4.69, 9.17) is 0 Å². The van der Waals surface area contributed by atoms with E-state index < -0.39 is 0 Å². The lowest BCUT2D eigenvalue weighted by atomic mass is 10.0. The molecule has 0 radical (unpaired) electrons. The predicted molar refractivity (Wildman–Crippen MR) is 65.4 cm³/mol. The van der Waals surface area contributed by atoms with Crippen molar-refractivity contribution in [2.45, 2.75) is 14.4 Å². The molecule has 2 aromatic rings. The third-order valence-electron chi connectivity index (χ3n) is 2.24. The Hall–Kier alpha value is -1.56. The topological polar surface area (TPSA) is 0 Å². The summed E-state index contributed by atoms with van der Waals surface area (Å²) in [4.78, 5) is 0. The van der Waals surface area contributed by atoms with Crippen LogP contribution in [-0.4, -0.2) is 0 Å². The van der Waals surface area contributed by atoms with Gasteiger partial charge >= 0.3 is 0 Å². The van der Waals surface area contributed by atoms with Crippen molar-refractivity contribution in [1.29, 1.82) is 0 Å². The third-order valence-corrected chi connectivity index (χ3v) is 2.24. The zero-order chi connectivity index (χ0) is 9.26. The number of allylic oxidation sites excluding steroid dienone is 1. The molecular formula is C14H16. The largest absolute Gasteiger partial charge is 0.0955 e. The fourth-order valence-corrected chi connectivity index (χ4v) is 1.45. The molecule has 0 saturated heterocycles. The number of benzene rings is 2. The molecule has 0 unspecified atom stereocenters. The molecule has 0 N–H and O–H groups in total. The van der Waals surface area contributed by atoms with Crippen molar-refractivity contribution >= 4 is 16.3 Å². The van der Waals surface area contributed by atoms with Crippen molar-refractivity contribution in [2.75, 3.05) is 0 Å². The van der Waals surface area contributed by atoms with Crippen LogP contribution < -0.4 is 0 Å². The Balaban J connectivity index is 0.000000980. The highest BCUT2D eigenvalue weighted by molar-refractivity contribution is 5.85. The van der Waals surface area contributed by atoms with Crippen LogP contribution in [0.4, 0.5) is 0 Å². The molecule has 0 aliphatic carbocycles. The second-order valence-electron chi connectivity index (χ2n) is 3.34.